The zero-order chi connectivity index (χ0) is 6.78. The van der Waals surface area contributed by atoms with Gasteiger partial charge in [0.2, 0.25) is 0 Å². The van der Waals surface area contributed by atoms with Crippen molar-refractivity contribution in [3.8, 4) is 0 Å². The Kier molecular flexibility index (Phi) is 2.57. The average molecular weight is 133 g/mol. The molecule has 0 unspecified atom stereocenters. The first kappa shape index (κ1) is 8.05. The van der Waals surface area contributed by atoms with Gasteiger partial charge in [0.15, 0.2) is 0 Å². The molecule has 0 radical (unpaired) electrons. The first-order valence-corrected chi connectivity index (χ1v) is 5.01. The molecule has 0 spiro atoms. The van der Waals surface area contributed by atoms with Crippen LogP contribution >= 0.6 is 10.2 Å². The van der Waals surface area contributed by atoms with Gasteiger partial charge in [0.1, 0.15) is 0 Å². The number of nitrogens with zero attached hydrogens (tertiary/aromatic N) is 1. The van der Waals surface area contributed by atoms with Gasteiger partial charge in [0.25, 0.3) is 0 Å². The van der Waals surface area contributed by atoms with Crippen LogP contribution in [0.5, 0.6) is 0 Å². The highest BCUT2D eigenvalue weighted by molar-refractivity contribution is 8.33. The molecule has 0 rings (SSSR count). The Labute approximate surface area is 53.8 Å². The topological polar surface area (TPSA) is 3.24 Å². The van der Waals surface area contributed by atoms with Crippen molar-refractivity contribution in [1.29, 1.82) is 0 Å². The number of hydrogen-bond donors (Lipinski definition) is 0. The fourth-order valence-electron chi connectivity index (χ4n) is 0.149. The molecule has 50 valence electrons. The van der Waals surface area contributed by atoms with Crippen molar-refractivity contribution < 1.29 is 0 Å². The highest BCUT2D eigenvalue weighted by atomic mass is 32.3. The van der Waals surface area contributed by atoms with E-state index in [4.69, 9.17) is 0 Å². The molecule has 1 nitrogen and oxygen atoms in total. The molecule has 0 aliphatic rings. The second-order valence-electron chi connectivity index (χ2n) is 2.33. The largest absolute Gasteiger partial charge is 0.271 e. The van der Waals surface area contributed by atoms with Crippen molar-refractivity contribution in [1.82, 2.24) is 4.31 Å². The van der Waals surface area contributed by atoms with Crippen molar-refractivity contribution in [3.63, 3.8) is 0 Å². The van der Waals surface area contributed by atoms with Crippen molar-refractivity contribution in [2.75, 3.05) is 26.6 Å². The summed E-state index contributed by atoms with van der Waals surface area (Å²) in [6.07, 6.45) is 4.42. The summed E-state index contributed by atoms with van der Waals surface area (Å²) in [6, 6.07) is 0. The van der Waals surface area contributed by atoms with Gasteiger partial charge in [-0.15, -0.1) is 0 Å². The minimum atomic E-state index is -0.639. The van der Waals surface area contributed by atoms with E-state index in [9.17, 15) is 0 Å². The van der Waals surface area contributed by atoms with Crippen molar-refractivity contribution in [3.05, 3.63) is 12.0 Å². The van der Waals surface area contributed by atoms with E-state index in [-0.39, 0.29) is 0 Å². The Balaban J connectivity index is 3.90. The first-order valence-electron chi connectivity index (χ1n) is 2.54. The average Bonchev–Trinajstić information content (AvgIpc) is 1.67. The van der Waals surface area contributed by atoms with E-state index < -0.39 is 10.2 Å². The summed E-state index contributed by atoms with van der Waals surface area (Å²) in [7, 11) is 3.52. The molecule has 0 aromatic heterocycles. The molecule has 0 saturated heterocycles. The summed E-state index contributed by atoms with van der Waals surface area (Å²) in [5, 5.41) is 2.02. The minimum absolute atomic E-state index is 0.639. The van der Waals surface area contributed by atoms with Crippen LogP contribution in [0.15, 0.2) is 12.0 Å². The SMILES string of the molecule is C=CS(C)(C)N(C)C. The third-order valence-corrected chi connectivity index (χ3v) is 4.05. The highest BCUT2D eigenvalue weighted by Crippen LogP contribution is 2.42. The van der Waals surface area contributed by atoms with E-state index in [1.165, 1.54) is 0 Å². The van der Waals surface area contributed by atoms with Crippen LogP contribution in [0.2, 0.25) is 0 Å². The van der Waals surface area contributed by atoms with Crippen LogP contribution < -0.4 is 0 Å². The van der Waals surface area contributed by atoms with Crippen LogP contribution in [0, 0.1) is 0 Å². The normalized spacial score (nSPS) is 14.1. The maximum Gasteiger partial charge on any atom is -0.00408 e. The third-order valence-electron chi connectivity index (χ3n) is 1.35. The molecule has 0 atom stereocenters. The summed E-state index contributed by atoms with van der Waals surface area (Å²) < 4.78 is 2.21. The van der Waals surface area contributed by atoms with E-state index >= 15 is 0 Å². The van der Waals surface area contributed by atoms with E-state index in [0.29, 0.717) is 0 Å². The number of rotatable bonds is 2. The molecule has 0 amide bonds. The molecule has 0 heterocycles. The lowest BCUT2D eigenvalue weighted by Crippen LogP contribution is -2.14. The van der Waals surface area contributed by atoms with Crippen LogP contribution in [0.4, 0.5) is 0 Å². The van der Waals surface area contributed by atoms with Crippen molar-refractivity contribution in [2.45, 2.75) is 0 Å². The fraction of sp³-hybridized carbons (Fsp3) is 0.667. The second kappa shape index (κ2) is 2.55. The molecule has 0 saturated carbocycles. The Hall–Kier alpha value is 0.0500. The molecular weight excluding hydrogens is 118 g/mol. The van der Waals surface area contributed by atoms with Crippen LogP contribution in [-0.2, 0) is 0 Å². The summed E-state index contributed by atoms with van der Waals surface area (Å²) in [4.78, 5) is 0. The molecule has 2 heteroatoms. The molecule has 0 aromatic carbocycles. The number of hydrogen-bond acceptors (Lipinski definition) is 1. The lowest BCUT2D eigenvalue weighted by molar-refractivity contribution is 0.690. The van der Waals surface area contributed by atoms with Gasteiger partial charge >= 0.3 is 0 Å². The Morgan fingerprint density at radius 2 is 1.75 bits per heavy atom. The predicted octanol–water partition coefficient (Wildman–Crippen LogP) is 1.67. The molecule has 8 heavy (non-hydrogen) atoms. The molecule has 0 fully saturated rings. The molecular formula is C6H15NS. The maximum atomic E-state index is 3.75. The Morgan fingerprint density at radius 1 is 1.38 bits per heavy atom. The van der Waals surface area contributed by atoms with E-state index in [0.717, 1.165) is 0 Å². The summed E-state index contributed by atoms with van der Waals surface area (Å²) in [5.41, 5.74) is 0. The van der Waals surface area contributed by atoms with Gasteiger partial charge in [-0.3, -0.25) is 4.31 Å². The van der Waals surface area contributed by atoms with Crippen molar-refractivity contribution in [2.24, 2.45) is 0 Å². The molecule has 0 aliphatic carbocycles. The van der Waals surface area contributed by atoms with Crippen LogP contribution in [0.3, 0.4) is 0 Å². The Morgan fingerprint density at radius 3 is 1.75 bits per heavy atom. The van der Waals surface area contributed by atoms with Gasteiger partial charge in [-0.1, -0.05) is 6.58 Å². The Bertz CT molecular complexity index is 86.5. The van der Waals surface area contributed by atoms with E-state index in [1.807, 2.05) is 5.41 Å². The smallest absolute Gasteiger partial charge is 0.00408 e. The fourth-order valence-corrected chi connectivity index (χ4v) is 0.447. The lowest BCUT2D eigenvalue weighted by Gasteiger charge is -2.34. The van der Waals surface area contributed by atoms with Crippen LogP contribution in [-0.4, -0.2) is 30.9 Å². The summed E-state index contributed by atoms with van der Waals surface area (Å²) in [6.45, 7) is 3.75. The zero-order valence-corrected chi connectivity index (χ0v) is 6.96. The highest BCUT2D eigenvalue weighted by Gasteiger charge is 2.06. The molecule has 0 N–H and O–H groups in total. The maximum absolute atomic E-state index is 3.75. The monoisotopic (exact) mass is 133 g/mol. The van der Waals surface area contributed by atoms with Gasteiger partial charge < -0.3 is 0 Å². The predicted molar refractivity (Wildman–Crippen MR) is 43.3 cm³/mol. The summed E-state index contributed by atoms with van der Waals surface area (Å²) >= 11 is 0. The van der Waals surface area contributed by atoms with Crippen LogP contribution in [0.1, 0.15) is 0 Å². The van der Waals surface area contributed by atoms with E-state index in [2.05, 4.69) is 37.5 Å². The second-order valence-corrected chi connectivity index (χ2v) is 6.09. The zero-order valence-electron chi connectivity index (χ0n) is 6.14. The van der Waals surface area contributed by atoms with Gasteiger partial charge in [0.05, 0.1) is 0 Å². The summed E-state index contributed by atoms with van der Waals surface area (Å²) in [5.74, 6) is 0. The van der Waals surface area contributed by atoms with Gasteiger partial charge in [-0.05, 0) is 32.0 Å². The van der Waals surface area contributed by atoms with Crippen molar-refractivity contribution >= 4 is 10.2 Å². The minimum Gasteiger partial charge on any atom is -0.271 e. The van der Waals surface area contributed by atoms with Gasteiger partial charge in [0, 0.05) is 0 Å². The first-order chi connectivity index (χ1) is 3.50. The lowest BCUT2D eigenvalue weighted by atomic mass is 11.3. The molecule has 0 bridgehead atoms. The third kappa shape index (κ3) is 1.88. The quantitative estimate of drug-likeness (QED) is 0.554. The molecule has 0 aliphatic heterocycles. The van der Waals surface area contributed by atoms with E-state index in [1.54, 1.807) is 0 Å². The van der Waals surface area contributed by atoms with Gasteiger partial charge in [-0.25, -0.2) is 0 Å². The molecule has 0 aromatic rings. The standard InChI is InChI=1S/C6H15NS/c1-6-8(4,5)7(2)3/h6H,1H2,2-5H3. The van der Waals surface area contributed by atoms with Gasteiger partial charge in [-0.2, -0.15) is 10.2 Å². The van der Waals surface area contributed by atoms with Crippen LogP contribution in [0.25, 0.3) is 0 Å².